The number of nitrogens with zero attached hydrogens (tertiary/aromatic N) is 2. The normalized spacial score (nSPS) is 10.8. The summed E-state index contributed by atoms with van der Waals surface area (Å²) in [5.74, 6) is -0.971. The number of fused-ring (bicyclic) bond motifs is 1. The Morgan fingerprint density at radius 3 is 2.70 bits per heavy atom. The fraction of sp³-hybridized carbons (Fsp3) is 0.167. The minimum atomic E-state index is -0.416. The van der Waals surface area contributed by atoms with Gasteiger partial charge in [-0.25, -0.2) is 4.39 Å². The fourth-order valence-electron chi connectivity index (χ4n) is 3.39. The minimum absolute atomic E-state index is 0.0184. The molecule has 0 aliphatic carbocycles. The van der Waals surface area contributed by atoms with E-state index in [9.17, 15) is 18.8 Å². The molecule has 9 heteroatoms. The summed E-state index contributed by atoms with van der Waals surface area (Å²) in [7, 11) is 0. The molecule has 3 heterocycles. The van der Waals surface area contributed by atoms with Gasteiger partial charge in [-0.05, 0) is 41.3 Å². The monoisotopic (exact) mass is 447 g/mol. The Kier molecular flexibility index (Phi) is 6.30. The Morgan fingerprint density at radius 1 is 1.09 bits per heavy atom. The van der Waals surface area contributed by atoms with Crippen molar-refractivity contribution in [3.05, 3.63) is 99.6 Å². The number of pyridine rings is 2. The number of H-pyrrole nitrogens is 1. The molecular weight excluding hydrogens is 425 g/mol. The third-order valence-electron chi connectivity index (χ3n) is 5.16. The van der Waals surface area contributed by atoms with Crippen LogP contribution in [0.15, 0.2) is 65.8 Å². The van der Waals surface area contributed by atoms with Crippen LogP contribution in [0.3, 0.4) is 0 Å². The Morgan fingerprint density at radius 2 is 1.94 bits per heavy atom. The van der Waals surface area contributed by atoms with Crippen LogP contribution in [0.1, 0.15) is 34.1 Å². The third-order valence-corrected chi connectivity index (χ3v) is 5.16. The Labute approximate surface area is 188 Å². The number of hydrogen-bond donors (Lipinski definition) is 3. The van der Waals surface area contributed by atoms with Gasteiger partial charge < -0.3 is 20.2 Å². The molecule has 0 fully saturated rings. The Balaban J connectivity index is 1.43. The first-order chi connectivity index (χ1) is 15.9. The summed E-state index contributed by atoms with van der Waals surface area (Å²) < 4.78 is 15.7. The molecule has 3 aromatic heterocycles. The first-order valence-corrected chi connectivity index (χ1v) is 10.3. The van der Waals surface area contributed by atoms with Crippen LogP contribution in [0.4, 0.5) is 4.39 Å². The van der Waals surface area contributed by atoms with E-state index >= 15 is 0 Å². The van der Waals surface area contributed by atoms with Crippen molar-refractivity contribution in [2.45, 2.75) is 26.6 Å². The van der Waals surface area contributed by atoms with E-state index in [0.29, 0.717) is 23.3 Å². The predicted molar refractivity (Wildman–Crippen MR) is 121 cm³/mol. The van der Waals surface area contributed by atoms with Crippen molar-refractivity contribution >= 4 is 22.7 Å². The highest BCUT2D eigenvalue weighted by Crippen LogP contribution is 2.18. The van der Waals surface area contributed by atoms with Crippen LogP contribution in [0.25, 0.3) is 10.9 Å². The van der Waals surface area contributed by atoms with Gasteiger partial charge in [0.15, 0.2) is 0 Å². The third kappa shape index (κ3) is 5.32. The minimum Gasteiger partial charge on any atom is -0.361 e. The highest BCUT2D eigenvalue weighted by atomic mass is 19.1. The fourth-order valence-corrected chi connectivity index (χ4v) is 3.39. The predicted octanol–water partition coefficient (Wildman–Crippen LogP) is 2.48. The molecule has 0 saturated heterocycles. The van der Waals surface area contributed by atoms with Crippen LogP contribution in [0.2, 0.25) is 0 Å². The standard InChI is InChI=1S/C24H22FN5O3/c1-15(31)27-12-20-4-2-16(10-28-20)13-30-14-18(3-5-23(30)32)24(33)29-11-19-8-17-6-7-26-22(17)9-21(19)25/h2-10,14,26H,11-13H2,1H3,(H,27,31)(H,29,33). The van der Waals surface area contributed by atoms with E-state index in [0.717, 1.165) is 10.9 Å². The van der Waals surface area contributed by atoms with E-state index in [1.807, 2.05) is 12.1 Å². The molecule has 3 N–H and O–H groups in total. The van der Waals surface area contributed by atoms with E-state index in [2.05, 4.69) is 20.6 Å². The van der Waals surface area contributed by atoms with Gasteiger partial charge in [-0.15, -0.1) is 0 Å². The quantitative estimate of drug-likeness (QED) is 0.404. The van der Waals surface area contributed by atoms with Crippen molar-refractivity contribution in [2.75, 3.05) is 0 Å². The second-order valence-corrected chi connectivity index (χ2v) is 7.64. The van der Waals surface area contributed by atoms with Crippen LogP contribution in [-0.4, -0.2) is 26.3 Å². The number of benzene rings is 1. The lowest BCUT2D eigenvalue weighted by atomic mass is 10.1. The number of hydrogen-bond acceptors (Lipinski definition) is 4. The van der Waals surface area contributed by atoms with Gasteiger partial charge in [-0.2, -0.15) is 0 Å². The molecule has 0 spiro atoms. The van der Waals surface area contributed by atoms with E-state index in [-0.39, 0.29) is 30.1 Å². The number of carbonyl (C=O) groups excluding carboxylic acids is 2. The van der Waals surface area contributed by atoms with Crippen molar-refractivity contribution in [2.24, 2.45) is 0 Å². The summed E-state index contributed by atoms with van der Waals surface area (Å²) in [6, 6.07) is 11.2. The molecule has 4 rings (SSSR count). The summed E-state index contributed by atoms with van der Waals surface area (Å²) in [5, 5.41) is 6.22. The Bertz CT molecular complexity index is 1380. The number of nitrogens with one attached hydrogen (secondary N) is 3. The van der Waals surface area contributed by atoms with E-state index in [1.165, 1.54) is 35.9 Å². The Hall–Kier alpha value is -4.27. The van der Waals surface area contributed by atoms with Crippen LogP contribution in [0.5, 0.6) is 0 Å². The van der Waals surface area contributed by atoms with Gasteiger partial charge in [0.25, 0.3) is 11.5 Å². The first-order valence-electron chi connectivity index (χ1n) is 10.3. The molecule has 0 bridgehead atoms. The van der Waals surface area contributed by atoms with Crippen LogP contribution in [0, 0.1) is 5.82 Å². The lowest BCUT2D eigenvalue weighted by Gasteiger charge is -2.10. The number of carbonyl (C=O) groups is 2. The van der Waals surface area contributed by atoms with Crippen molar-refractivity contribution in [3.8, 4) is 0 Å². The summed E-state index contributed by atoms with van der Waals surface area (Å²) in [6.45, 7) is 2.00. The number of aromatic amines is 1. The zero-order chi connectivity index (χ0) is 23.4. The van der Waals surface area contributed by atoms with E-state index < -0.39 is 11.7 Å². The molecule has 33 heavy (non-hydrogen) atoms. The van der Waals surface area contributed by atoms with Gasteiger partial charge in [-0.1, -0.05) is 6.07 Å². The number of amides is 2. The van der Waals surface area contributed by atoms with Crippen LogP contribution in [-0.2, 0) is 24.4 Å². The number of halogens is 1. The summed E-state index contributed by atoms with van der Waals surface area (Å²) in [4.78, 5) is 43.1. The number of rotatable bonds is 7. The maximum absolute atomic E-state index is 14.3. The van der Waals surface area contributed by atoms with Crippen molar-refractivity contribution in [1.82, 2.24) is 25.2 Å². The topological polar surface area (TPSA) is 109 Å². The zero-order valence-electron chi connectivity index (χ0n) is 17.9. The molecule has 0 aliphatic heterocycles. The van der Waals surface area contributed by atoms with Gasteiger partial charge in [0.05, 0.1) is 24.3 Å². The van der Waals surface area contributed by atoms with Crippen molar-refractivity contribution < 1.29 is 14.0 Å². The van der Waals surface area contributed by atoms with E-state index in [1.54, 1.807) is 24.5 Å². The first kappa shape index (κ1) is 21.9. The maximum atomic E-state index is 14.3. The average molecular weight is 447 g/mol. The lowest BCUT2D eigenvalue weighted by molar-refractivity contribution is -0.119. The molecule has 168 valence electrons. The zero-order valence-corrected chi connectivity index (χ0v) is 17.9. The van der Waals surface area contributed by atoms with Crippen LogP contribution < -0.4 is 16.2 Å². The molecule has 1 aromatic carbocycles. The van der Waals surface area contributed by atoms with Gasteiger partial charge >= 0.3 is 0 Å². The number of aromatic nitrogens is 3. The summed E-state index contributed by atoms with van der Waals surface area (Å²) in [5.41, 5.74) is 2.54. The molecule has 0 saturated carbocycles. The molecule has 0 unspecified atom stereocenters. The van der Waals surface area contributed by atoms with Gasteiger partial charge in [-0.3, -0.25) is 19.4 Å². The summed E-state index contributed by atoms with van der Waals surface area (Å²) >= 11 is 0. The lowest BCUT2D eigenvalue weighted by Crippen LogP contribution is -2.27. The summed E-state index contributed by atoms with van der Waals surface area (Å²) in [6.07, 6.45) is 4.81. The smallest absolute Gasteiger partial charge is 0.253 e. The van der Waals surface area contributed by atoms with Gasteiger partial charge in [0.1, 0.15) is 5.82 Å². The highest BCUT2D eigenvalue weighted by Gasteiger charge is 2.11. The maximum Gasteiger partial charge on any atom is 0.253 e. The molecule has 0 aliphatic rings. The highest BCUT2D eigenvalue weighted by molar-refractivity contribution is 5.93. The SMILES string of the molecule is CC(=O)NCc1ccc(Cn2cc(C(=O)NCc3cc4cc[nH]c4cc3F)ccc2=O)cn1. The average Bonchev–Trinajstić information content (AvgIpc) is 3.25. The molecule has 8 nitrogen and oxygen atoms in total. The van der Waals surface area contributed by atoms with Crippen LogP contribution >= 0.6 is 0 Å². The second kappa shape index (κ2) is 9.47. The molecule has 2 amide bonds. The molecular formula is C24H22FN5O3. The van der Waals surface area contributed by atoms with Crippen molar-refractivity contribution in [3.63, 3.8) is 0 Å². The van der Waals surface area contributed by atoms with Crippen molar-refractivity contribution in [1.29, 1.82) is 0 Å². The second-order valence-electron chi connectivity index (χ2n) is 7.64. The molecule has 0 radical (unpaired) electrons. The van der Waals surface area contributed by atoms with E-state index in [4.69, 9.17) is 0 Å². The molecule has 0 atom stereocenters. The van der Waals surface area contributed by atoms with Gasteiger partial charge in [0, 0.05) is 49.2 Å². The largest absolute Gasteiger partial charge is 0.361 e. The molecule has 4 aromatic rings. The van der Waals surface area contributed by atoms with Gasteiger partial charge in [0.2, 0.25) is 5.91 Å².